The van der Waals surface area contributed by atoms with Crippen LogP contribution < -0.4 is 20.1 Å². The molecule has 0 aliphatic carbocycles. The summed E-state index contributed by atoms with van der Waals surface area (Å²) in [4.78, 5) is 12.1. The zero-order valence-electron chi connectivity index (χ0n) is 16.4. The van der Waals surface area contributed by atoms with Gasteiger partial charge in [0.05, 0.1) is 7.11 Å². The number of anilines is 2. The lowest BCUT2D eigenvalue weighted by Gasteiger charge is -2.11. The number of benzene rings is 3. The zero-order chi connectivity index (χ0) is 20.6. The van der Waals surface area contributed by atoms with E-state index in [4.69, 9.17) is 21.1 Å². The van der Waals surface area contributed by atoms with Crippen molar-refractivity contribution in [3.05, 3.63) is 82.9 Å². The summed E-state index contributed by atoms with van der Waals surface area (Å²) in [6, 6.07) is 20.8. The van der Waals surface area contributed by atoms with Crippen molar-refractivity contribution in [2.75, 3.05) is 24.4 Å². The minimum atomic E-state index is -0.244. The van der Waals surface area contributed by atoms with Gasteiger partial charge in [0.15, 0.2) is 6.61 Å². The first-order valence-electron chi connectivity index (χ1n) is 9.19. The highest BCUT2D eigenvalue weighted by Gasteiger charge is 2.06. The summed E-state index contributed by atoms with van der Waals surface area (Å²) >= 11 is 6.08. The minimum absolute atomic E-state index is 0.0825. The Morgan fingerprint density at radius 2 is 1.72 bits per heavy atom. The second kappa shape index (κ2) is 9.85. The first-order valence-corrected chi connectivity index (χ1v) is 9.57. The fourth-order valence-corrected chi connectivity index (χ4v) is 2.86. The number of rotatable bonds is 8. The topological polar surface area (TPSA) is 59.6 Å². The molecule has 3 aromatic carbocycles. The van der Waals surface area contributed by atoms with Crippen molar-refractivity contribution >= 4 is 28.9 Å². The van der Waals surface area contributed by atoms with Crippen LogP contribution in [0.3, 0.4) is 0 Å². The molecule has 5 nitrogen and oxygen atoms in total. The van der Waals surface area contributed by atoms with Crippen molar-refractivity contribution in [2.45, 2.75) is 13.5 Å². The third kappa shape index (κ3) is 6.16. The van der Waals surface area contributed by atoms with Gasteiger partial charge in [-0.25, -0.2) is 0 Å². The molecule has 3 aromatic rings. The van der Waals surface area contributed by atoms with E-state index in [1.807, 2.05) is 67.6 Å². The van der Waals surface area contributed by atoms with Crippen molar-refractivity contribution < 1.29 is 14.3 Å². The average molecular weight is 411 g/mol. The number of aryl methyl sites for hydroxylation is 1. The van der Waals surface area contributed by atoms with Gasteiger partial charge in [-0.05, 0) is 66.6 Å². The Kier molecular flexibility index (Phi) is 6.98. The zero-order valence-corrected chi connectivity index (χ0v) is 17.1. The molecule has 1 amide bonds. The van der Waals surface area contributed by atoms with Gasteiger partial charge in [0, 0.05) is 22.9 Å². The summed E-state index contributed by atoms with van der Waals surface area (Å²) in [6.45, 7) is 2.46. The summed E-state index contributed by atoms with van der Waals surface area (Å²) in [6.07, 6.45) is 0. The Morgan fingerprint density at radius 3 is 2.45 bits per heavy atom. The quantitative estimate of drug-likeness (QED) is 0.530. The van der Waals surface area contributed by atoms with Gasteiger partial charge in [-0.2, -0.15) is 0 Å². The van der Waals surface area contributed by atoms with Crippen molar-refractivity contribution in [1.29, 1.82) is 0 Å². The van der Waals surface area contributed by atoms with Crippen LogP contribution in [0, 0.1) is 6.92 Å². The fraction of sp³-hybridized carbons (Fsp3) is 0.174. The van der Waals surface area contributed by atoms with Crippen LogP contribution in [0.1, 0.15) is 11.1 Å². The number of methoxy groups -OCH3 is 1. The summed E-state index contributed by atoms with van der Waals surface area (Å²) in [5, 5.41) is 6.74. The first-order chi connectivity index (χ1) is 14.0. The van der Waals surface area contributed by atoms with E-state index in [-0.39, 0.29) is 12.5 Å². The smallest absolute Gasteiger partial charge is 0.262 e. The monoisotopic (exact) mass is 410 g/mol. The van der Waals surface area contributed by atoms with Crippen LogP contribution in [-0.2, 0) is 11.3 Å². The summed E-state index contributed by atoms with van der Waals surface area (Å²) in [7, 11) is 1.64. The van der Waals surface area contributed by atoms with Crippen LogP contribution >= 0.6 is 11.6 Å². The van der Waals surface area contributed by atoms with Gasteiger partial charge in [-0.3, -0.25) is 4.79 Å². The van der Waals surface area contributed by atoms with E-state index in [0.29, 0.717) is 23.0 Å². The Labute approximate surface area is 175 Å². The fourth-order valence-electron chi connectivity index (χ4n) is 2.67. The second-order valence-electron chi connectivity index (χ2n) is 6.53. The number of halogens is 1. The second-order valence-corrected chi connectivity index (χ2v) is 6.94. The first kappa shape index (κ1) is 20.6. The van der Waals surface area contributed by atoms with Crippen molar-refractivity contribution in [3.8, 4) is 11.5 Å². The Bertz CT molecular complexity index is 974. The SMILES string of the molecule is COc1ccc(NCc2cccc(OCC(=O)Nc3ccc(C)c(Cl)c3)c2)cc1. The van der Waals surface area contributed by atoms with Gasteiger partial charge in [0.25, 0.3) is 5.91 Å². The van der Waals surface area contributed by atoms with Crippen molar-refractivity contribution in [3.63, 3.8) is 0 Å². The maximum absolute atomic E-state index is 12.1. The molecule has 0 aromatic heterocycles. The molecular formula is C23H23ClN2O3. The molecule has 0 unspecified atom stereocenters. The Hall–Kier alpha value is -3.18. The van der Waals surface area contributed by atoms with Crippen LogP contribution in [0.15, 0.2) is 66.7 Å². The lowest BCUT2D eigenvalue weighted by molar-refractivity contribution is -0.118. The molecule has 0 aliphatic rings. The van der Waals surface area contributed by atoms with E-state index >= 15 is 0 Å². The van der Waals surface area contributed by atoms with Crippen LogP contribution in [0.4, 0.5) is 11.4 Å². The highest BCUT2D eigenvalue weighted by molar-refractivity contribution is 6.31. The van der Waals surface area contributed by atoms with Crippen LogP contribution in [0.25, 0.3) is 0 Å². The number of carbonyl (C=O) groups is 1. The summed E-state index contributed by atoms with van der Waals surface area (Å²) in [5.41, 5.74) is 3.64. The molecule has 0 bridgehead atoms. The molecule has 0 saturated carbocycles. The van der Waals surface area contributed by atoms with Crippen LogP contribution in [0.2, 0.25) is 5.02 Å². The van der Waals surface area contributed by atoms with Crippen LogP contribution in [0.5, 0.6) is 11.5 Å². The number of ether oxygens (including phenoxy) is 2. The minimum Gasteiger partial charge on any atom is -0.497 e. The highest BCUT2D eigenvalue weighted by Crippen LogP contribution is 2.20. The molecule has 150 valence electrons. The molecule has 0 atom stereocenters. The Balaban J connectivity index is 1.50. The normalized spacial score (nSPS) is 10.3. The van der Waals surface area contributed by atoms with Gasteiger partial charge in [-0.1, -0.05) is 29.8 Å². The van der Waals surface area contributed by atoms with Gasteiger partial charge in [0.2, 0.25) is 0 Å². The number of nitrogens with one attached hydrogen (secondary N) is 2. The van der Waals surface area contributed by atoms with E-state index in [0.717, 1.165) is 22.6 Å². The molecular weight excluding hydrogens is 388 g/mol. The molecule has 6 heteroatoms. The van der Waals surface area contributed by atoms with Gasteiger partial charge < -0.3 is 20.1 Å². The standard InChI is InChI=1S/C23H23ClN2O3/c1-16-6-7-19(13-22(16)24)26-23(27)15-29-21-5-3-4-17(12-21)14-25-18-8-10-20(28-2)11-9-18/h3-13,25H,14-15H2,1-2H3,(H,26,27). The number of hydrogen-bond donors (Lipinski definition) is 2. The van der Waals surface area contributed by atoms with Gasteiger partial charge >= 0.3 is 0 Å². The lowest BCUT2D eigenvalue weighted by atomic mass is 10.2. The third-order valence-electron chi connectivity index (χ3n) is 4.31. The number of carbonyl (C=O) groups excluding carboxylic acids is 1. The molecule has 0 fully saturated rings. The lowest BCUT2D eigenvalue weighted by Crippen LogP contribution is -2.20. The molecule has 2 N–H and O–H groups in total. The number of hydrogen-bond acceptors (Lipinski definition) is 4. The molecule has 0 heterocycles. The maximum atomic E-state index is 12.1. The Morgan fingerprint density at radius 1 is 0.966 bits per heavy atom. The predicted molar refractivity (Wildman–Crippen MR) is 117 cm³/mol. The number of amides is 1. The maximum Gasteiger partial charge on any atom is 0.262 e. The molecule has 29 heavy (non-hydrogen) atoms. The van der Waals surface area contributed by atoms with Crippen molar-refractivity contribution in [2.24, 2.45) is 0 Å². The molecule has 0 aliphatic heterocycles. The van der Waals surface area contributed by atoms with Gasteiger partial charge in [-0.15, -0.1) is 0 Å². The largest absolute Gasteiger partial charge is 0.497 e. The van der Waals surface area contributed by atoms with E-state index in [9.17, 15) is 4.79 Å². The highest BCUT2D eigenvalue weighted by atomic mass is 35.5. The molecule has 0 radical (unpaired) electrons. The van der Waals surface area contributed by atoms with E-state index in [1.165, 1.54) is 0 Å². The van der Waals surface area contributed by atoms with E-state index < -0.39 is 0 Å². The van der Waals surface area contributed by atoms with Crippen LogP contribution in [-0.4, -0.2) is 19.6 Å². The van der Waals surface area contributed by atoms with Gasteiger partial charge in [0.1, 0.15) is 11.5 Å². The van der Waals surface area contributed by atoms with E-state index in [2.05, 4.69) is 10.6 Å². The molecule has 0 saturated heterocycles. The predicted octanol–water partition coefficient (Wildman–Crippen LogP) is 5.29. The van der Waals surface area contributed by atoms with E-state index in [1.54, 1.807) is 13.2 Å². The summed E-state index contributed by atoms with van der Waals surface area (Å²) in [5.74, 6) is 1.21. The average Bonchev–Trinajstić information content (AvgIpc) is 2.74. The van der Waals surface area contributed by atoms with Crippen molar-refractivity contribution in [1.82, 2.24) is 0 Å². The third-order valence-corrected chi connectivity index (χ3v) is 4.72. The molecule has 0 spiro atoms. The molecule has 3 rings (SSSR count). The summed E-state index contributed by atoms with van der Waals surface area (Å²) < 4.78 is 10.8.